The van der Waals surface area contributed by atoms with Crippen LogP contribution < -0.4 is 85.5 Å². The van der Waals surface area contributed by atoms with Gasteiger partial charge in [0, 0.05) is 98.5 Å². The minimum atomic E-state index is -1.81. The third-order valence-electron chi connectivity index (χ3n) is 23.0. The summed E-state index contributed by atoms with van der Waals surface area (Å²) in [6, 6.07) is 42.7. The maximum atomic E-state index is 15.4. The molecular formula is C105H127Cl5N16O24. The summed E-state index contributed by atoms with van der Waals surface area (Å²) in [7, 11) is 0. The quantitative estimate of drug-likeness (QED) is 0.0124. The zero-order valence-electron chi connectivity index (χ0n) is 83.0. The highest BCUT2D eigenvalue weighted by atomic mass is 35.5. The van der Waals surface area contributed by atoms with E-state index >= 15 is 19.2 Å². The van der Waals surface area contributed by atoms with Crippen molar-refractivity contribution in [2.24, 2.45) is 5.73 Å². The van der Waals surface area contributed by atoms with Gasteiger partial charge in [0.25, 0.3) is 0 Å². The van der Waals surface area contributed by atoms with Gasteiger partial charge in [0.1, 0.15) is 81.4 Å². The molecule has 8 aromatic carbocycles. The van der Waals surface area contributed by atoms with Gasteiger partial charge in [-0.2, -0.15) is 0 Å². The minimum Gasteiger partial charge on any atom is -0.480 e. The van der Waals surface area contributed by atoms with Crippen LogP contribution in [0.4, 0.5) is 24.0 Å². The standard InChI is InChI=1S/C105H127Cl5N16O24/c1-4-5-6-7-17-44-88(127)118-83(47-53-113-102(140)147-62-72-35-19-24-40-77(72)107)97(134)125-90(66(2)144-59-69-30-13-9-14-31-69)99(136)123-85(49-55-115-104(142)149-64-74-37-21-26-42-79(74)109)95(132)120-81(45-51-111)93(130)121-84(48-54-114-103(141)148-63-73-36-20-25-41-78(73)108)96(133)124-87(57-68-28-11-8-12-29-68)92(129)117-58-89(128)119-82(46-52-112-101(139)146-61-71-34-18-23-39-76(71)106)94(131)122-86(50-56-116-105(143)150-65-75-38-22-27-43-80(75)110)98(135)126-91(100(137)138)67(3)145-60-70-32-15-10-16-33-70/h8-16,18-43,66-67,81-87,90-91H,4-7,17,44-65,111H2,1-3H3,(H,112,139)(H,113,140)(H,114,141)(H,115,142)(H,116,143)(H,117,129)(H,118,127)(H,119,128)(H,120,132)(H,121,130)(H,122,131)(H,123,136)(H,124,133)(H,125,134)(H,126,135)(H,137,138)/t66-,67-,81+,82+,83+,84+,85+,86+,87-,90+,91+/m1/s1. The first-order valence-electron chi connectivity index (χ1n) is 48.7. The fraction of sp³-hybridized carbons (Fsp3) is 0.390. The Morgan fingerprint density at radius 1 is 0.287 bits per heavy atom. The molecule has 0 fully saturated rings. The fourth-order valence-electron chi connectivity index (χ4n) is 14.6. The highest BCUT2D eigenvalue weighted by molar-refractivity contribution is 6.32. The molecule has 0 aliphatic heterocycles. The van der Waals surface area contributed by atoms with Crippen LogP contribution in [-0.2, 0) is 139 Å². The molecule has 0 saturated heterocycles. The molecule has 0 aliphatic rings. The molecule has 45 heteroatoms. The van der Waals surface area contributed by atoms with Crippen molar-refractivity contribution >= 4 is 154 Å². The summed E-state index contributed by atoms with van der Waals surface area (Å²) >= 11 is 31.7. The molecule has 40 nitrogen and oxygen atoms in total. The lowest BCUT2D eigenvalue weighted by molar-refractivity contribution is -0.147. The maximum absolute atomic E-state index is 15.4. The van der Waals surface area contributed by atoms with Crippen LogP contribution in [0, 0.1) is 0 Å². The first-order chi connectivity index (χ1) is 72.2. The molecule has 0 aromatic heterocycles. The third kappa shape index (κ3) is 45.0. The molecule has 18 N–H and O–H groups in total. The van der Waals surface area contributed by atoms with Crippen molar-refractivity contribution in [3.8, 4) is 0 Å². The Balaban J connectivity index is 1.07. The molecule has 15 amide bonds. The molecule has 8 rings (SSSR count). The topological polar surface area (TPSA) is 564 Å². The summed E-state index contributed by atoms with van der Waals surface area (Å²) in [5.41, 5.74) is 10.2. The van der Waals surface area contributed by atoms with Gasteiger partial charge in [-0.05, 0) is 112 Å². The second kappa shape index (κ2) is 66.8. The van der Waals surface area contributed by atoms with Crippen LogP contribution in [-0.4, -0.2) is 213 Å². The number of benzene rings is 8. The summed E-state index contributed by atoms with van der Waals surface area (Å²) < 4.78 is 39.2. The molecule has 11 atom stereocenters. The van der Waals surface area contributed by atoms with E-state index in [1.165, 1.54) is 13.8 Å². The van der Waals surface area contributed by atoms with E-state index < -0.39 is 227 Å². The number of carboxylic acid groups (broad SMARTS) is 1. The molecule has 0 radical (unpaired) electrons. The number of nitrogens with one attached hydrogen (secondary N) is 15. The van der Waals surface area contributed by atoms with Crippen LogP contribution in [0.2, 0.25) is 25.1 Å². The molecule has 8 aromatic rings. The van der Waals surface area contributed by atoms with E-state index in [4.69, 9.17) is 96.9 Å². The number of alkyl carbamates (subject to hydrolysis) is 5. The predicted octanol–water partition coefficient (Wildman–Crippen LogP) is 10.6. The lowest BCUT2D eigenvalue weighted by atomic mass is 10.0. The molecule has 0 spiro atoms. The molecule has 0 unspecified atom stereocenters. The van der Waals surface area contributed by atoms with Crippen LogP contribution >= 0.6 is 58.0 Å². The number of amides is 15. The molecule has 0 saturated carbocycles. The first kappa shape index (κ1) is 121. The number of unbranched alkanes of at least 4 members (excludes halogenated alkanes) is 4. The summed E-state index contributed by atoms with van der Waals surface area (Å²) in [6.07, 6.45) is -6.54. The van der Waals surface area contributed by atoms with Gasteiger partial charge in [-0.25, -0.2) is 28.8 Å². The summed E-state index contributed by atoms with van der Waals surface area (Å²) in [5.74, 6) is -11.9. The Morgan fingerprint density at radius 2 is 0.560 bits per heavy atom. The summed E-state index contributed by atoms with van der Waals surface area (Å²) in [5, 5.41) is 50.4. The van der Waals surface area contributed by atoms with Crippen LogP contribution in [0.5, 0.6) is 0 Å². The minimum absolute atomic E-state index is 0.00682. The highest BCUT2D eigenvalue weighted by Crippen LogP contribution is 2.23. The lowest BCUT2D eigenvalue weighted by Crippen LogP contribution is -2.62. The third-order valence-corrected chi connectivity index (χ3v) is 24.9. The predicted molar refractivity (Wildman–Crippen MR) is 558 cm³/mol. The monoisotopic (exact) mass is 2170 g/mol. The number of nitrogens with two attached hydrogens (primary N) is 1. The van der Waals surface area contributed by atoms with Crippen molar-refractivity contribution in [3.05, 3.63) is 282 Å². The molecule has 806 valence electrons. The van der Waals surface area contributed by atoms with Gasteiger partial charge < -0.3 is 124 Å². The van der Waals surface area contributed by atoms with Crippen molar-refractivity contribution < 1.29 is 115 Å². The van der Waals surface area contributed by atoms with E-state index in [0.29, 0.717) is 67.4 Å². The largest absolute Gasteiger partial charge is 0.480 e. The second-order valence-electron chi connectivity index (χ2n) is 34.4. The van der Waals surface area contributed by atoms with Gasteiger partial charge in [-0.1, -0.05) is 273 Å². The highest BCUT2D eigenvalue weighted by Gasteiger charge is 2.39. The summed E-state index contributed by atoms with van der Waals surface area (Å²) in [6.45, 7) is -0.146. The Bertz CT molecular complexity index is 5740. The van der Waals surface area contributed by atoms with Crippen molar-refractivity contribution in [2.45, 2.75) is 217 Å². The van der Waals surface area contributed by atoms with E-state index in [9.17, 15) is 62.6 Å². The van der Waals surface area contributed by atoms with Gasteiger partial charge in [-0.3, -0.25) is 47.9 Å². The number of carboxylic acids is 1. The van der Waals surface area contributed by atoms with Gasteiger partial charge in [0.2, 0.25) is 59.1 Å². The van der Waals surface area contributed by atoms with E-state index in [-0.39, 0.29) is 93.7 Å². The van der Waals surface area contributed by atoms with Crippen molar-refractivity contribution in [1.82, 2.24) is 79.8 Å². The molecule has 0 heterocycles. The smallest absolute Gasteiger partial charge is 0.407 e. The van der Waals surface area contributed by atoms with Crippen LogP contribution in [0.25, 0.3) is 0 Å². The number of carbonyl (C=O) groups is 16. The van der Waals surface area contributed by atoms with Crippen molar-refractivity contribution in [3.63, 3.8) is 0 Å². The Kier molecular flexibility index (Phi) is 53.8. The Labute approximate surface area is 893 Å². The van der Waals surface area contributed by atoms with Gasteiger partial charge in [0.15, 0.2) is 6.04 Å². The SMILES string of the molecule is CCCCCCCC(=O)N[C@@H](CCNC(=O)OCc1ccccc1Cl)C(=O)N[C@H](C(=O)N[C@@H](CCNC(=O)OCc1ccccc1Cl)C(=O)N[C@@H](CCN)C(=O)N[C@@H](CCNC(=O)OCc1ccccc1Cl)C(=O)N[C@H](Cc1ccccc1)C(=O)NCC(=O)N[C@@H](CCNC(=O)OCc1ccccc1Cl)C(=O)N[C@@H](CCNC(=O)OCc1ccccc1Cl)C(=O)N[C@H](C(=O)O)[C@@H](C)OCc1ccccc1)[C@@H](C)OCc1ccccc1. The second-order valence-corrected chi connectivity index (χ2v) is 36.5. The number of carbonyl (C=O) groups excluding carboxylic acids is 15. The number of aliphatic carboxylic acids is 1. The number of hydrogen-bond donors (Lipinski definition) is 17. The van der Waals surface area contributed by atoms with E-state index in [1.54, 1.807) is 212 Å². The molecule has 0 aliphatic carbocycles. The zero-order chi connectivity index (χ0) is 108. The molecular weight excluding hydrogens is 2050 g/mol. The van der Waals surface area contributed by atoms with Gasteiger partial charge in [-0.15, -0.1) is 0 Å². The van der Waals surface area contributed by atoms with E-state index in [2.05, 4.69) is 79.8 Å². The van der Waals surface area contributed by atoms with Crippen LogP contribution in [0.3, 0.4) is 0 Å². The zero-order valence-corrected chi connectivity index (χ0v) is 86.7. The average Bonchev–Trinajstić information content (AvgIpc) is 0.844. The Morgan fingerprint density at radius 3 is 0.887 bits per heavy atom. The molecule has 150 heavy (non-hydrogen) atoms. The number of ether oxygens (including phenoxy) is 7. The normalized spacial score (nSPS) is 13.1. The average molecular weight is 2170 g/mol. The van der Waals surface area contributed by atoms with Crippen molar-refractivity contribution in [2.75, 3.05) is 45.8 Å². The number of halogens is 5. The van der Waals surface area contributed by atoms with E-state index in [0.717, 1.165) is 19.3 Å². The Hall–Kier alpha value is -14.4. The lowest BCUT2D eigenvalue weighted by Gasteiger charge is -2.30. The van der Waals surface area contributed by atoms with Crippen molar-refractivity contribution in [1.29, 1.82) is 0 Å². The van der Waals surface area contributed by atoms with Gasteiger partial charge >= 0.3 is 36.4 Å². The maximum Gasteiger partial charge on any atom is 0.407 e. The van der Waals surface area contributed by atoms with Gasteiger partial charge in [0.05, 0.1) is 32.0 Å². The summed E-state index contributed by atoms with van der Waals surface area (Å²) in [4.78, 5) is 229. The van der Waals surface area contributed by atoms with Crippen LogP contribution in [0.15, 0.2) is 212 Å². The molecule has 0 bridgehead atoms. The van der Waals surface area contributed by atoms with Crippen LogP contribution in [0.1, 0.15) is 142 Å². The van der Waals surface area contributed by atoms with E-state index in [1.807, 2.05) is 6.92 Å². The first-order valence-corrected chi connectivity index (χ1v) is 50.6. The number of rotatable bonds is 63. The fourth-order valence-corrected chi connectivity index (χ4v) is 15.6. The number of hydrogen-bond acceptors (Lipinski definition) is 24.